The van der Waals surface area contributed by atoms with E-state index in [-0.39, 0.29) is 22.0 Å². The summed E-state index contributed by atoms with van der Waals surface area (Å²) in [5.74, 6) is -1.53. The van der Waals surface area contributed by atoms with E-state index in [1.807, 2.05) is 32.0 Å². The van der Waals surface area contributed by atoms with Gasteiger partial charge in [0.25, 0.3) is 11.8 Å². The number of hydrogen-bond acceptors (Lipinski definition) is 5. The van der Waals surface area contributed by atoms with Crippen LogP contribution in [0.1, 0.15) is 27.2 Å². The number of carbonyl (C=O) groups is 3. The van der Waals surface area contributed by atoms with Gasteiger partial charge in [-0.2, -0.15) is 0 Å². The van der Waals surface area contributed by atoms with E-state index in [0.29, 0.717) is 22.7 Å². The van der Waals surface area contributed by atoms with Crippen LogP contribution in [-0.2, 0) is 9.59 Å². The van der Waals surface area contributed by atoms with E-state index >= 15 is 0 Å². The van der Waals surface area contributed by atoms with Crippen LogP contribution in [0, 0.1) is 13.8 Å². The molecule has 0 unspecified atom stereocenters. The van der Waals surface area contributed by atoms with Crippen molar-refractivity contribution in [3.05, 3.63) is 113 Å². The van der Waals surface area contributed by atoms with Gasteiger partial charge in [-0.1, -0.05) is 36.4 Å². The van der Waals surface area contributed by atoms with Crippen LogP contribution in [0.4, 0.5) is 11.4 Å². The first kappa shape index (κ1) is 24.9. The van der Waals surface area contributed by atoms with Gasteiger partial charge in [0.2, 0.25) is 0 Å². The molecule has 0 radical (unpaired) electrons. The average Bonchev–Trinajstić information content (AvgIpc) is 3.38. The molecule has 0 saturated carbocycles. The van der Waals surface area contributed by atoms with Gasteiger partial charge >= 0.3 is 5.97 Å². The number of hydrogen-bond donors (Lipinski definition) is 1. The Morgan fingerprint density at radius 1 is 0.816 bits per heavy atom. The monoisotopic (exact) mass is 522 g/mol. The first-order valence-electron chi connectivity index (χ1n) is 11.7. The van der Waals surface area contributed by atoms with Crippen LogP contribution < -0.4 is 9.80 Å². The molecule has 1 aliphatic rings. The minimum atomic E-state index is -1.05. The van der Waals surface area contributed by atoms with Crippen LogP contribution in [0.3, 0.4) is 0 Å². The van der Waals surface area contributed by atoms with Crippen molar-refractivity contribution in [2.45, 2.75) is 13.8 Å². The highest BCUT2D eigenvalue weighted by atomic mass is 32.1. The Balaban J connectivity index is 1.59. The quantitative estimate of drug-likeness (QED) is 0.196. The Morgan fingerprint density at radius 3 is 2.21 bits per heavy atom. The number of carboxylic acid groups (broad SMARTS) is 1. The van der Waals surface area contributed by atoms with E-state index in [9.17, 15) is 19.5 Å². The van der Waals surface area contributed by atoms with Crippen molar-refractivity contribution in [3.8, 4) is 11.3 Å². The maximum Gasteiger partial charge on any atom is 0.335 e. The van der Waals surface area contributed by atoms with E-state index in [4.69, 9.17) is 16.6 Å². The van der Waals surface area contributed by atoms with Gasteiger partial charge < -0.3 is 9.52 Å². The molecule has 0 aliphatic carbocycles. The Hall–Kier alpha value is -4.82. The second-order valence-electron chi connectivity index (χ2n) is 8.81. The summed E-state index contributed by atoms with van der Waals surface area (Å²) in [5.41, 5.74) is 3.67. The topological polar surface area (TPSA) is 91.1 Å². The van der Waals surface area contributed by atoms with E-state index in [2.05, 4.69) is 0 Å². The van der Waals surface area contributed by atoms with Crippen LogP contribution in [0.15, 0.2) is 94.9 Å². The van der Waals surface area contributed by atoms with Crippen LogP contribution in [-0.4, -0.2) is 28.0 Å². The zero-order valence-electron chi connectivity index (χ0n) is 20.5. The summed E-state index contributed by atoms with van der Waals surface area (Å²) in [6.07, 6.45) is 1.39. The molecule has 3 aromatic carbocycles. The number of amides is 2. The Labute approximate surface area is 224 Å². The number of nitrogens with zero attached hydrogens (tertiary/aromatic N) is 2. The molecule has 1 aromatic heterocycles. The average molecular weight is 523 g/mol. The lowest BCUT2D eigenvalue weighted by Crippen LogP contribution is -2.57. The van der Waals surface area contributed by atoms with E-state index in [1.165, 1.54) is 28.0 Å². The highest BCUT2D eigenvalue weighted by Gasteiger charge is 2.41. The third kappa shape index (κ3) is 4.53. The van der Waals surface area contributed by atoms with E-state index < -0.39 is 17.8 Å². The van der Waals surface area contributed by atoms with Crippen molar-refractivity contribution < 1.29 is 23.9 Å². The number of rotatable bonds is 5. The predicted octanol–water partition coefficient (Wildman–Crippen LogP) is 6.01. The van der Waals surface area contributed by atoms with Gasteiger partial charge in [0.1, 0.15) is 17.1 Å². The molecule has 2 amide bonds. The van der Waals surface area contributed by atoms with E-state index in [1.54, 1.807) is 54.6 Å². The van der Waals surface area contributed by atoms with Gasteiger partial charge in [-0.3, -0.25) is 19.4 Å². The highest BCUT2D eigenvalue weighted by Crippen LogP contribution is 2.32. The molecule has 5 rings (SSSR count). The van der Waals surface area contributed by atoms with Gasteiger partial charge in [0.15, 0.2) is 5.11 Å². The number of anilines is 2. The van der Waals surface area contributed by atoms with Crippen LogP contribution in [0.2, 0.25) is 0 Å². The van der Waals surface area contributed by atoms with Crippen molar-refractivity contribution in [1.82, 2.24) is 0 Å². The van der Waals surface area contributed by atoms with Gasteiger partial charge in [0.05, 0.1) is 16.9 Å². The summed E-state index contributed by atoms with van der Waals surface area (Å²) >= 11 is 5.67. The summed E-state index contributed by atoms with van der Waals surface area (Å²) in [4.78, 5) is 41.4. The van der Waals surface area contributed by atoms with Crippen molar-refractivity contribution in [3.63, 3.8) is 0 Å². The lowest BCUT2D eigenvalue weighted by Gasteiger charge is -2.36. The molecule has 0 atom stereocenters. The molecule has 8 heteroatoms. The minimum absolute atomic E-state index is 0.0530. The fourth-order valence-corrected chi connectivity index (χ4v) is 4.54. The molecule has 0 bridgehead atoms. The largest absolute Gasteiger partial charge is 0.478 e. The van der Waals surface area contributed by atoms with Gasteiger partial charge in [-0.25, -0.2) is 4.79 Å². The molecule has 1 saturated heterocycles. The summed E-state index contributed by atoms with van der Waals surface area (Å²) in [6.45, 7) is 3.91. The summed E-state index contributed by atoms with van der Waals surface area (Å²) in [5, 5.41) is 9.35. The third-order valence-corrected chi connectivity index (χ3v) is 6.69. The third-order valence-electron chi connectivity index (χ3n) is 6.32. The summed E-state index contributed by atoms with van der Waals surface area (Å²) < 4.78 is 5.90. The number of para-hydroxylation sites is 1. The van der Waals surface area contributed by atoms with Crippen molar-refractivity contribution in [1.29, 1.82) is 0 Å². The molecular formula is C30H22N2O5S. The molecule has 7 nitrogen and oxygen atoms in total. The smallest absolute Gasteiger partial charge is 0.335 e. The Morgan fingerprint density at radius 2 is 1.53 bits per heavy atom. The van der Waals surface area contributed by atoms with Gasteiger partial charge in [0, 0.05) is 5.56 Å². The Kier molecular flexibility index (Phi) is 6.48. The zero-order chi connectivity index (χ0) is 27.0. The number of carboxylic acids is 1. The molecular weight excluding hydrogens is 500 g/mol. The van der Waals surface area contributed by atoms with Gasteiger partial charge in [-0.05, 0) is 91.8 Å². The fourth-order valence-electron chi connectivity index (χ4n) is 4.16. The molecule has 4 aromatic rings. The molecule has 2 heterocycles. The predicted molar refractivity (Wildman–Crippen MR) is 149 cm³/mol. The maximum atomic E-state index is 13.7. The number of thiocarbonyl (C=S) groups is 1. The first-order chi connectivity index (χ1) is 18.2. The fraction of sp³-hybridized carbons (Fsp3) is 0.0667. The van der Waals surface area contributed by atoms with Gasteiger partial charge in [-0.15, -0.1) is 0 Å². The van der Waals surface area contributed by atoms with Crippen LogP contribution in [0.5, 0.6) is 0 Å². The zero-order valence-corrected chi connectivity index (χ0v) is 21.4. The van der Waals surface area contributed by atoms with Crippen LogP contribution >= 0.6 is 12.2 Å². The number of benzene rings is 3. The molecule has 38 heavy (non-hydrogen) atoms. The lowest BCUT2D eigenvalue weighted by atomic mass is 10.1. The van der Waals surface area contributed by atoms with Crippen molar-refractivity contribution >= 4 is 52.6 Å². The van der Waals surface area contributed by atoms with Crippen molar-refractivity contribution in [2.24, 2.45) is 0 Å². The molecule has 188 valence electrons. The molecule has 0 spiro atoms. The number of carbonyl (C=O) groups excluding carboxylic acids is 2. The summed E-state index contributed by atoms with van der Waals surface area (Å²) in [6, 6.07) is 24.0. The van der Waals surface area contributed by atoms with Crippen molar-refractivity contribution in [2.75, 3.05) is 9.80 Å². The molecule has 1 fully saturated rings. The number of aryl methyl sites for hydroxylation is 2. The maximum absolute atomic E-state index is 13.7. The standard InChI is InChI=1S/C30H22N2O5S/c1-18-11-12-23(15-19(18)2)32-28(34)25(27(33)31(30(32)38)22-9-4-3-5-10-22)17-24-13-14-26(37-24)20-7-6-8-21(16-20)29(35)36/h3-17H,1-2H3,(H,35,36)/b25-17-. The first-order valence-corrected chi connectivity index (χ1v) is 12.2. The minimum Gasteiger partial charge on any atom is -0.478 e. The normalized spacial score (nSPS) is 14.9. The SMILES string of the molecule is Cc1ccc(N2C(=O)/C(=C\c3ccc(-c4cccc(C(=O)O)c4)o3)C(=O)N(c3ccccc3)C2=S)cc1C. The highest BCUT2D eigenvalue weighted by molar-refractivity contribution is 7.81. The number of aromatic carboxylic acids is 1. The van der Waals surface area contributed by atoms with Crippen LogP contribution in [0.25, 0.3) is 17.4 Å². The number of furan rings is 1. The van der Waals surface area contributed by atoms with E-state index in [0.717, 1.165) is 11.1 Å². The summed E-state index contributed by atoms with van der Waals surface area (Å²) in [7, 11) is 0. The lowest BCUT2D eigenvalue weighted by molar-refractivity contribution is -0.120. The molecule has 1 N–H and O–H groups in total. The second kappa shape index (κ2) is 9.91. The molecule has 1 aliphatic heterocycles. The second-order valence-corrected chi connectivity index (χ2v) is 9.18. The Bertz CT molecular complexity index is 1640.